The lowest BCUT2D eigenvalue weighted by molar-refractivity contribution is 0.134. The first-order valence-corrected chi connectivity index (χ1v) is 9.76. The number of urea groups is 1. The molecule has 2 amide bonds. The molecule has 0 bridgehead atoms. The molecule has 6 heteroatoms. The Labute approximate surface area is 150 Å². The molecule has 6 nitrogen and oxygen atoms in total. The predicted molar refractivity (Wildman–Crippen MR) is 98.7 cm³/mol. The monoisotopic (exact) mass is 343 g/mol. The highest BCUT2D eigenvalue weighted by atomic mass is 16.2. The largest absolute Gasteiger partial charge is 0.357 e. The van der Waals surface area contributed by atoms with Gasteiger partial charge in [0, 0.05) is 58.1 Å². The Balaban J connectivity index is 1.26. The summed E-state index contributed by atoms with van der Waals surface area (Å²) < 4.78 is 0. The summed E-state index contributed by atoms with van der Waals surface area (Å²) in [6, 6.07) is 4.98. The minimum atomic E-state index is 0.0618. The zero-order valence-electron chi connectivity index (χ0n) is 15.0. The molecule has 25 heavy (non-hydrogen) atoms. The van der Waals surface area contributed by atoms with Crippen molar-refractivity contribution in [2.45, 2.75) is 44.7 Å². The number of aromatic nitrogens is 1. The molecule has 3 aliphatic rings. The van der Waals surface area contributed by atoms with Crippen LogP contribution in [0.25, 0.3) is 0 Å². The molecule has 0 aromatic carbocycles. The molecule has 3 heterocycles. The van der Waals surface area contributed by atoms with Crippen LogP contribution in [0.3, 0.4) is 0 Å². The molecule has 0 atom stereocenters. The third-order valence-electron chi connectivity index (χ3n) is 5.60. The van der Waals surface area contributed by atoms with Crippen molar-refractivity contribution in [1.29, 1.82) is 0 Å². The first-order valence-electron chi connectivity index (χ1n) is 9.76. The van der Waals surface area contributed by atoms with Crippen LogP contribution in [0.1, 0.15) is 37.7 Å². The number of carbonyl (C=O) groups excluding carboxylic acids is 1. The minimum absolute atomic E-state index is 0.0618. The molecule has 0 spiro atoms. The molecule has 1 N–H and O–H groups in total. The van der Waals surface area contributed by atoms with Crippen LogP contribution in [0.5, 0.6) is 0 Å². The number of nitrogens with zero attached hydrogens (tertiary/aromatic N) is 4. The third-order valence-corrected chi connectivity index (χ3v) is 5.60. The van der Waals surface area contributed by atoms with Gasteiger partial charge in [-0.3, -0.25) is 4.90 Å². The van der Waals surface area contributed by atoms with Crippen molar-refractivity contribution in [3.05, 3.63) is 23.9 Å². The van der Waals surface area contributed by atoms with E-state index in [1.807, 2.05) is 17.2 Å². The van der Waals surface area contributed by atoms with Crippen molar-refractivity contribution in [2.24, 2.45) is 0 Å². The van der Waals surface area contributed by atoms with Gasteiger partial charge in [-0.05, 0) is 49.8 Å². The maximum Gasteiger partial charge on any atom is 0.317 e. The van der Waals surface area contributed by atoms with Gasteiger partial charge >= 0.3 is 6.03 Å². The second kappa shape index (κ2) is 7.60. The first kappa shape index (κ1) is 16.6. The van der Waals surface area contributed by atoms with E-state index in [-0.39, 0.29) is 6.03 Å². The molecular weight excluding hydrogens is 314 g/mol. The Bertz CT molecular complexity index is 589. The van der Waals surface area contributed by atoms with E-state index >= 15 is 0 Å². The molecule has 4 rings (SSSR count). The van der Waals surface area contributed by atoms with Gasteiger partial charge in [-0.15, -0.1) is 0 Å². The zero-order chi connectivity index (χ0) is 17.1. The lowest BCUT2D eigenvalue weighted by Gasteiger charge is -2.34. The normalized spacial score (nSPS) is 22.1. The summed E-state index contributed by atoms with van der Waals surface area (Å²) in [6.07, 6.45) is 8.35. The molecule has 0 unspecified atom stereocenters. The second-order valence-corrected chi connectivity index (χ2v) is 7.48. The number of piperidine rings is 1. The highest BCUT2D eigenvalue weighted by molar-refractivity contribution is 5.74. The highest BCUT2D eigenvalue weighted by Crippen LogP contribution is 2.27. The van der Waals surface area contributed by atoms with Crippen molar-refractivity contribution in [1.82, 2.24) is 20.1 Å². The van der Waals surface area contributed by atoms with Gasteiger partial charge in [0.2, 0.25) is 0 Å². The molecule has 2 aliphatic heterocycles. The van der Waals surface area contributed by atoms with Crippen LogP contribution in [-0.2, 0) is 6.54 Å². The molecule has 136 valence electrons. The van der Waals surface area contributed by atoms with Crippen LogP contribution >= 0.6 is 0 Å². The molecular formula is C19H29N5O. The number of anilines is 1. The Morgan fingerprint density at radius 3 is 2.56 bits per heavy atom. The van der Waals surface area contributed by atoms with Crippen molar-refractivity contribution in [3.8, 4) is 0 Å². The van der Waals surface area contributed by atoms with E-state index in [0.717, 1.165) is 56.7 Å². The lowest BCUT2D eigenvalue weighted by atomic mass is 10.1. The topological polar surface area (TPSA) is 51.7 Å². The minimum Gasteiger partial charge on any atom is -0.357 e. The fourth-order valence-corrected chi connectivity index (χ4v) is 3.89. The first-order chi connectivity index (χ1) is 12.3. The highest BCUT2D eigenvalue weighted by Gasteiger charge is 2.32. The van der Waals surface area contributed by atoms with Gasteiger partial charge in [-0.25, -0.2) is 9.78 Å². The van der Waals surface area contributed by atoms with E-state index < -0.39 is 0 Å². The van der Waals surface area contributed by atoms with Crippen LogP contribution in [0, 0.1) is 0 Å². The van der Waals surface area contributed by atoms with E-state index in [9.17, 15) is 4.79 Å². The number of rotatable bonds is 4. The SMILES string of the molecule is O=C(NCc1ccnc(N2CCCCC2)c1)N1CCN(C2CC2)CC1. The molecule has 1 aromatic rings. The number of carbonyl (C=O) groups is 1. The second-order valence-electron chi connectivity index (χ2n) is 7.48. The number of hydrogen-bond acceptors (Lipinski definition) is 4. The van der Waals surface area contributed by atoms with Crippen molar-refractivity contribution in [3.63, 3.8) is 0 Å². The van der Waals surface area contributed by atoms with Gasteiger partial charge in [0.25, 0.3) is 0 Å². The molecule has 0 radical (unpaired) electrons. The average molecular weight is 343 g/mol. The average Bonchev–Trinajstić information content (AvgIpc) is 3.52. The van der Waals surface area contributed by atoms with Gasteiger partial charge in [-0.2, -0.15) is 0 Å². The lowest BCUT2D eigenvalue weighted by Crippen LogP contribution is -2.52. The van der Waals surface area contributed by atoms with Crippen LogP contribution < -0.4 is 10.2 Å². The van der Waals surface area contributed by atoms with E-state index in [2.05, 4.69) is 26.2 Å². The van der Waals surface area contributed by atoms with Gasteiger partial charge in [-0.1, -0.05) is 0 Å². The standard InChI is InChI=1S/C19H29N5O/c25-19(24-12-10-22(11-13-24)17-4-5-17)21-15-16-6-7-20-18(14-16)23-8-2-1-3-9-23/h6-7,14,17H,1-5,8-13,15H2,(H,21,25). The summed E-state index contributed by atoms with van der Waals surface area (Å²) in [6.45, 7) is 6.49. The maximum atomic E-state index is 12.4. The predicted octanol–water partition coefficient (Wildman–Crippen LogP) is 2.06. The van der Waals surface area contributed by atoms with Crippen molar-refractivity contribution >= 4 is 11.8 Å². The molecule has 1 saturated carbocycles. The summed E-state index contributed by atoms with van der Waals surface area (Å²) in [7, 11) is 0. The summed E-state index contributed by atoms with van der Waals surface area (Å²) in [5.41, 5.74) is 1.13. The summed E-state index contributed by atoms with van der Waals surface area (Å²) in [5.74, 6) is 1.05. The molecule has 1 aromatic heterocycles. The van der Waals surface area contributed by atoms with Gasteiger partial charge in [0.1, 0.15) is 5.82 Å². The zero-order valence-corrected chi connectivity index (χ0v) is 15.0. The molecule has 3 fully saturated rings. The van der Waals surface area contributed by atoms with Gasteiger partial charge in [0.05, 0.1) is 0 Å². The van der Waals surface area contributed by atoms with Gasteiger partial charge < -0.3 is 15.1 Å². The van der Waals surface area contributed by atoms with E-state index in [1.165, 1.54) is 32.1 Å². The Kier molecular flexibility index (Phi) is 5.06. The molecule has 1 aliphatic carbocycles. The van der Waals surface area contributed by atoms with Crippen LogP contribution in [0.2, 0.25) is 0 Å². The number of nitrogens with one attached hydrogen (secondary N) is 1. The van der Waals surface area contributed by atoms with Crippen molar-refractivity contribution in [2.75, 3.05) is 44.2 Å². The quantitative estimate of drug-likeness (QED) is 0.909. The fraction of sp³-hybridized carbons (Fsp3) is 0.684. The Hall–Kier alpha value is -1.82. The molecule has 2 saturated heterocycles. The van der Waals surface area contributed by atoms with E-state index in [1.54, 1.807) is 0 Å². The number of pyridine rings is 1. The maximum absolute atomic E-state index is 12.4. The summed E-state index contributed by atoms with van der Waals surface area (Å²) >= 11 is 0. The third kappa shape index (κ3) is 4.24. The van der Waals surface area contributed by atoms with E-state index in [0.29, 0.717) is 6.54 Å². The Morgan fingerprint density at radius 2 is 1.84 bits per heavy atom. The van der Waals surface area contributed by atoms with Gasteiger partial charge in [0.15, 0.2) is 0 Å². The van der Waals surface area contributed by atoms with Crippen LogP contribution in [0.4, 0.5) is 10.6 Å². The summed E-state index contributed by atoms with van der Waals surface area (Å²) in [5, 5.41) is 3.08. The number of piperazine rings is 1. The van der Waals surface area contributed by atoms with Crippen LogP contribution in [0.15, 0.2) is 18.3 Å². The summed E-state index contributed by atoms with van der Waals surface area (Å²) in [4.78, 5) is 23.8. The fourth-order valence-electron chi connectivity index (χ4n) is 3.89. The number of amides is 2. The van der Waals surface area contributed by atoms with E-state index in [4.69, 9.17) is 0 Å². The van der Waals surface area contributed by atoms with Crippen LogP contribution in [-0.4, -0.2) is 66.1 Å². The Morgan fingerprint density at radius 1 is 1.08 bits per heavy atom. The van der Waals surface area contributed by atoms with Crippen molar-refractivity contribution < 1.29 is 4.79 Å². The smallest absolute Gasteiger partial charge is 0.317 e. The number of hydrogen-bond donors (Lipinski definition) is 1.